The Bertz CT molecular complexity index is 1440. The lowest BCUT2D eigenvalue weighted by Crippen LogP contribution is -2.51. The van der Waals surface area contributed by atoms with Crippen LogP contribution in [0.4, 0.5) is 17.3 Å². The maximum Gasteiger partial charge on any atom is 0.149 e. The molecule has 3 atom stereocenters. The highest BCUT2D eigenvalue weighted by Gasteiger charge is 2.33. The molecule has 0 spiro atoms. The van der Waals surface area contributed by atoms with Crippen LogP contribution in [-0.4, -0.2) is 62.5 Å². The SMILES string of the molecule is CC1CN(c2nc(N3CCNC(CC#N)C3)c3c(c2C#N)CN(c2cccc4ccccc24)CC3)CC(C)O1. The molecule has 0 bridgehead atoms. The molecule has 2 saturated heterocycles. The van der Waals surface area contributed by atoms with Crippen LogP contribution in [-0.2, 0) is 17.7 Å². The highest BCUT2D eigenvalue weighted by Crippen LogP contribution is 2.39. The largest absolute Gasteiger partial charge is 0.372 e. The van der Waals surface area contributed by atoms with Crippen LogP contribution in [0.5, 0.6) is 0 Å². The number of anilines is 3. The number of rotatable bonds is 4. The molecule has 0 saturated carbocycles. The zero-order valence-electron chi connectivity index (χ0n) is 22.7. The van der Waals surface area contributed by atoms with Gasteiger partial charge in [-0.15, -0.1) is 0 Å². The van der Waals surface area contributed by atoms with Gasteiger partial charge in [0.05, 0.1) is 30.3 Å². The van der Waals surface area contributed by atoms with Gasteiger partial charge in [0.1, 0.15) is 17.7 Å². The number of hydrogen-bond acceptors (Lipinski definition) is 8. The second-order valence-corrected chi connectivity index (χ2v) is 11.0. The fourth-order valence-corrected chi connectivity index (χ4v) is 6.51. The predicted octanol–water partition coefficient (Wildman–Crippen LogP) is 3.97. The van der Waals surface area contributed by atoms with E-state index in [4.69, 9.17) is 9.72 Å². The fourth-order valence-electron chi connectivity index (χ4n) is 6.51. The molecular formula is C31H35N7O. The van der Waals surface area contributed by atoms with Gasteiger partial charge < -0.3 is 24.8 Å². The lowest BCUT2D eigenvalue weighted by molar-refractivity contribution is -0.00547. The number of ether oxygens (including phenoxy) is 1. The van der Waals surface area contributed by atoms with E-state index >= 15 is 0 Å². The van der Waals surface area contributed by atoms with Crippen molar-refractivity contribution < 1.29 is 4.74 Å². The number of pyridine rings is 1. The summed E-state index contributed by atoms with van der Waals surface area (Å²) in [4.78, 5) is 12.3. The van der Waals surface area contributed by atoms with Crippen molar-refractivity contribution in [1.82, 2.24) is 10.3 Å². The van der Waals surface area contributed by atoms with Crippen LogP contribution >= 0.6 is 0 Å². The lowest BCUT2D eigenvalue weighted by Gasteiger charge is -2.41. The summed E-state index contributed by atoms with van der Waals surface area (Å²) in [6, 6.07) is 20.0. The summed E-state index contributed by atoms with van der Waals surface area (Å²) in [5.41, 5.74) is 4.15. The Morgan fingerprint density at radius 2 is 1.72 bits per heavy atom. The Kier molecular flexibility index (Phi) is 6.99. The molecule has 2 fully saturated rings. The maximum atomic E-state index is 10.6. The quantitative estimate of drug-likeness (QED) is 0.552. The summed E-state index contributed by atoms with van der Waals surface area (Å²) in [7, 11) is 0. The molecular weight excluding hydrogens is 486 g/mol. The van der Waals surface area contributed by atoms with Crippen LogP contribution < -0.4 is 20.0 Å². The van der Waals surface area contributed by atoms with E-state index in [1.165, 1.54) is 22.0 Å². The third-order valence-corrected chi connectivity index (χ3v) is 8.18. The summed E-state index contributed by atoms with van der Waals surface area (Å²) in [5, 5.41) is 25.8. The third kappa shape index (κ3) is 4.87. The number of nitrogens with one attached hydrogen (secondary N) is 1. The molecule has 0 radical (unpaired) electrons. The first-order valence-electron chi connectivity index (χ1n) is 14.0. The first-order chi connectivity index (χ1) is 19.1. The molecule has 200 valence electrons. The van der Waals surface area contributed by atoms with Gasteiger partial charge in [-0.3, -0.25) is 0 Å². The van der Waals surface area contributed by atoms with Gasteiger partial charge in [0.25, 0.3) is 0 Å². The van der Waals surface area contributed by atoms with Crippen molar-refractivity contribution in [3.8, 4) is 12.1 Å². The Balaban J connectivity index is 1.46. The molecule has 3 unspecified atom stereocenters. The molecule has 2 aromatic carbocycles. The Morgan fingerprint density at radius 3 is 2.51 bits per heavy atom. The van der Waals surface area contributed by atoms with Crippen LogP contribution in [0.2, 0.25) is 0 Å². The molecule has 0 aliphatic carbocycles. The second-order valence-electron chi connectivity index (χ2n) is 11.0. The Labute approximate surface area is 230 Å². The van der Waals surface area contributed by atoms with Crippen molar-refractivity contribution in [3.63, 3.8) is 0 Å². The van der Waals surface area contributed by atoms with Gasteiger partial charge in [0, 0.05) is 68.5 Å². The molecule has 8 nitrogen and oxygen atoms in total. The number of morpholine rings is 1. The topological polar surface area (TPSA) is 91.5 Å². The van der Waals surface area contributed by atoms with Crippen LogP contribution in [0, 0.1) is 22.7 Å². The van der Waals surface area contributed by atoms with Crippen LogP contribution in [0.3, 0.4) is 0 Å². The van der Waals surface area contributed by atoms with Gasteiger partial charge in [-0.1, -0.05) is 36.4 Å². The summed E-state index contributed by atoms with van der Waals surface area (Å²) < 4.78 is 6.02. The molecule has 3 aliphatic rings. The minimum absolute atomic E-state index is 0.0629. The third-order valence-electron chi connectivity index (χ3n) is 8.18. The number of aromatic nitrogens is 1. The van der Waals surface area contributed by atoms with Gasteiger partial charge in [-0.25, -0.2) is 4.98 Å². The monoisotopic (exact) mass is 521 g/mol. The fraction of sp³-hybridized carbons (Fsp3) is 0.452. The number of piperazine rings is 1. The molecule has 1 N–H and O–H groups in total. The van der Waals surface area contributed by atoms with Crippen molar-refractivity contribution >= 4 is 28.1 Å². The summed E-state index contributed by atoms with van der Waals surface area (Å²) >= 11 is 0. The summed E-state index contributed by atoms with van der Waals surface area (Å²) in [6.07, 6.45) is 1.41. The van der Waals surface area contributed by atoms with Crippen molar-refractivity contribution in [2.45, 2.75) is 51.5 Å². The first kappa shape index (κ1) is 25.4. The number of benzene rings is 2. The number of fused-ring (bicyclic) bond motifs is 2. The Morgan fingerprint density at radius 1 is 0.923 bits per heavy atom. The molecule has 1 aromatic heterocycles. The summed E-state index contributed by atoms with van der Waals surface area (Å²) in [5.74, 6) is 1.75. The minimum Gasteiger partial charge on any atom is -0.372 e. The molecule has 6 rings (SSSR count). The van der Waals surface area contributed by atoms with Crippen molar-refractivity contribution in [2.75, 3.05) is 54.0 Å². The molecule has 4 heterocycles. The van der Waals surface area contributed by atoms with E-state index in [2.05, 4.69) is 88.5 Å². The highest BCUT2D eigenvalue weighted by molar-refractivity contribution is 5.94. The zero-order valence-corrected chi connectivity index (χ0v) is 22.7. The number of nitriles is 2. The molecule has 0 amide bonds. The van der Waals surface area contributed by atoms with Gasteiger partial charge in [0.15, 0.2) is 0 Å². The van der Waals surface area contributed by atoms with Gasteiger partial charge in [-0.05, 0) is 37.3 Å². The van der Waals surface area contributed by atoms with Gasteiger partial charge in [0.2, 0.25) is 0 Å². The maximum absolute atomic E-state index is 10.6. The van der Waals surface area contributed by atoms with Crippen LogP contribution in [0.25, 0.3) is 10.8 Å². The van der Waals surface area contributed by atoms with Crippen LogP contribution in [0.15, 0.2) is 42.5 Å². The summed E-state index contributed by atoms with van der Waals surface area (Å²) in [6.45, 7) is 9.48. The Hall–Kier alpha value is -3.85. The minimum atomic E-state index is 0.0629. The van der Waals surface area contributed by atoms with Gasteiger partial charge in [-0.2, -0.15) is 10.5 Å². The van der Waals surface area contributed by atoms with Crippen molar-refractivity contribution in [2.24, 2.45) is 0 Å². The molecule has 3 aromatic rings. The van der Waals surface area contributed by atoms with E-state index < -0.39 is 0 Å². The van der Waals surface area contributed by atoms with E-state index in [-0.39, 0.29) is 18.2 Å². The smallest absolute Gasteiger partial charge is 0.149 e. The van der Waals surface area contributed by atoms with E-state index in [1.54, 1.807) is 0 Å². The second kappa shape index (κ2) is 10.7. The molecule has 39 heavy (non-hydrogen) atoms. The number of hydrogen-bond donors (Lipinski definition) is 1. The zero-order chi connectivity index (χ0) is 26.9. The normalized spacial score (nSPS) is 23.3. The van der Waals surface area contributed by atoms with Crippen molar-refractivity contribution in [3.05, 3.63) is 59.2 Å². The first-order valence-corrected chi connectivity index (χ1v) is 14.0. The van der Waals surface area contributed by atoms with E-state index in [1.807, 2.05) is 0 Å². The average Bonchev–Trinajstić information content (AvgIpc) is 2.95. The highest BCUT2D eigenvalue weighted by atomic mass is 16.5. The number of nitrogens with zero attached hydrogens (tertiary/aromatic N) is 6. The average molecular weight is 522 g/mol. The van der Waals surface area contributed by atoms with Crippen LogP contribution in [0.1, 0.15) is 37.0 Å². The van der Waals surface area contributed by atoms with E-state index in [0.29, 0.717) is 31.6 Å². The standard InChI is InChI=1S/C31H35N7O/c1-21-17-38(18-22(2)39-21)31-27(16-33)28-20-36(29-9-5-7-23-6-3-4-8-25(23)29)14-11-26(28)30(35-31)37-15-13-34-24(19-37)10-12-32/h3-9,21-22,24,34H,10-11,13-15,17-20H2,1-2H3. The predicted molar refractivity (Wildman–Crippen MR) is 154 cm³/mol. The van der Waals surface area contributed by atoms with Crippen molar-refractivity contribution in [1.29, 1.82) is 10.5 Å². The van der Waals surface area contributed by atoms with Gasteiger partial charge >= 0.3 is 0 Å². The van der Waals surface area contributed by atoms with E-state index in [9.17, 15) is 10.5 Å². The van der Waals surface area contributed by atoms with E-state index in [0.717, 1.165) is 49.8 Å². The lowest BCUT2D eigenvalue weighted by atomic mass is 9.93. The molecule has 3 aliphatic heterocycles. The molecule has 8 heteroatoms.